The third-order valence-electron chi connectivity index (χ3n) is 3.05. The van der Waals surface area contributed by atoms with Crippen LogP contribution < -0.4 is 10.1 Å². The molecule has 0 aliphatic heterocycles. The summed E-state index contributed by atoms with van der Waals surface area (Å²) in [5, 5.41) is 6.83. The Morgan fingerprint density at radius 3 is 2.86 bits per heavy atom. The van der Waals surface area contributed by atoms with Crippen molar-refractivity contribution in [2.24, 2.45) is 0 Å². The Balaban J connectivity index is 1.64. The summed E-state index contributed by atoms with van der Waals surface area (Å²) in [5.41, 5.74) is 2.04. The summed E-state index contributed by atoms with van der Waals surface area (Å²) in [5.74, 6) is 1.42. The summed E-state index contributed by atoms with van der Waals surface area (Å²) in [6.45, 7) is 2.80. The predicted molar refractivity (Wildman–Crippen MR) is 81.4 cm³/mol. The Kier molecular flexibility index (Phi) is 4.29. The molecule has 0 saturated carbocycles. The Morgan fingerprint density at radius 1 is 1.18 bits per heavy atom. The van der Waals surface area contributed by atoms with E-state index in [0.717, 1.165) is 16.9 Å². The van der Waals surface area contributed by atoms with Crippen molar-refractivity contribution in [1.82, 2.24) is 15.1 Å². The minimum absolute atomic E-state index is 0.402. The molecule has 0 unspecified atom stereocenters. The number of nitrogens with zero attached hydrogens (tertiary/aromatic N) is 3. The van der Waals surface area contributed by atoms with Crippen molar-refractivity contribution in [2.75, 3.05) is 5.32 Å². The number of aryl methyl sites for hydroxylation is 1. The molecular weight excluding hydrogens is 280 g/mol. The highest BCUT2D eigenvalue weighted by atomic mass is 16.5. The van der Waals surface area contributed by atoms with E-state index in [1.807, 2.05) is 36.4 Å². The average Bonchev–Trinajstić information content (AvgIpc) is 2.98. The van der Waals surface area contributed by atoms with Gasteiger partial charge in [0.2, 0.25) is 0 Å². The van der Waals surface area contributed by atoms with Crippen molar-refractivity contribution >= 4 is 6.01 Å². The molecule has 2 heterocycles. The van der Waals surface area contributed by atoms with E-state index >= 15 is 0 Å². The van der Waals surface area contributed by atoms with Gasteiger partial charge in [-0.1, -0.05) is 29.4 Å². The van der Waals surface area contributed by atoms with Crippen LogP contribution in [0.25, 0.3) is 0 Å². The summed E-state index contributed by atoms with van der Waals surface area (Å²) >= 11 is 0. The fraction of sp³-hybridized carbons (Fsp3) is 0.188. The van der Waals surface area contributed by atoms with Crippen molar-refractivity contribution in [1.29, 1.82) is 0 Å². The molecule has 0 saturated heterocycles. The van der Waals surface area contributed by atoms with Crippen LogP contribution in [0.4, 0.5) is 6.01 Å². The zero-order valence-corrected chi connectivity index (χ0v) is 12.2. The van der Waals surface area contributed by atoms with Crippen LogP contribution in [0.3, 0.4) is 0 Å². The maximum Gasteiger partial charge on any atom is 0.321 e. The molecule has 0 spiro atoms. The largest absolute Gasteiger partial charge is 0.488 e. The van der Waals surface area contributed by atoms with Gasteiger partial charge in [0.15, 0.2) is 5.82 Å². The molecule has 0 amide bonds. The molecule has 0 fully saturated rings. The lowest BCUT2D eigenvalue weighted by atomic mass is 10.2. The van der Waals surface area contributed by atoms with Gasteiger partial charge in [-0.2, -0.15) is 4.98 Å². The van der Waals surface area contributed by atoms with Crippen LogP contribution in [0.5, 0.6) is 5.75 Å². The monoisotopic (exact) mass is 296 g/mol. The quantitative estimate of drug-likeness (QED) is 0.754. The molecule has 0 atom stereocenters. The van der Waals surface area contributed by atoms with E-state index in [1.54, 1.807) is 19.3 Å². The molecule has 0 aliphatic carbocycles. The molecule has 112 valence electrons. The molecule has 1 N–H and O–H groups in total. The van der Waals surface area contributed by atoms with E-state index in [9.17, 15) is 0 Å². The minimum atomic E-state index is 0.402. The van der Waals surface area contributed by atoms with Crippen LogP contribution in [0.1, 0.15) is 17.0 Å². The molecule has 0 aliphatic rings. The fourth-order valence-corrected chi connectivity index (χ4v) is 1.97. The van der Waals surface area contributed by atoms with Gasteiger partial charge in [-0.15, -0.1) is 0 Å². The fourth-order valence-electron chi connectivity index (χ4n) is 1.97. The summed E-state index contributed by atoms with van der Waals surface area (Å²) in [4.78, 5) is 8.19. The second-order valence-electron chi connectivity index (χ2n) is 4.76. The number of hydrogen-bond acceptors (Lipinski definition) is 6. The Hall–Kier alpha value is -2.89. The molecule has 22 heavy (non-hydrogen) atoms. The van der Waals surface area contributed by atoms with Crippen molar-refractivity contribution in [3.63, 3.8) is 0 Å². The minimum Gasteiger partial charge on any atom is -0.488 e. The smallest absolute Gasteiger partial charge is 0.321 e. The molecule has 0 bridgehead atoms. The van der Waals surface area contributed by atoms with Gasteiger partial charge >= 0.3 is 6.01 Å². The van der Waals surface area contributed by atoms with Crippen molar-refractivity contribution in [3.8, 4) is 5.75 Å². The van der Waals surface area contributed by atoms with Crippen LogP contribution in [0.2, 0.25) is 0 Å². The highest BCUT2D eigenvalue weighted by molar-refractivity contribution is 5.36. The molecule has 2 aromatic heterocycles. The Labute approximate surface area is 128 Å². The Morgan fingerprint density at radius 2 is 2.09 bits per heavy atom. The maximum absolute atomic E-state index is 5.87. The first-order chi connectivity index (χ1) is 10.8. The van der Waals surface area contributed by atoms with Crippen LogP contribution in [-0.4, -0.2) is 15.1 Å². The number of nitrogens with one attached hydrogen (secondary N) is 1. The second-order valence-corrected chi connectivity index (χ2v) is 4.76. The first kappa shape index (κ1) is 14.1. The molecule has 0 radical (unpaired) electrons. The molecule has 3 rings (SSSR count). The highest BCUT2D eigenvalue weighted by Crippen LogP contribution is 2.20. The molecular formula is C16H16N4O2. The van der Waals surface area contributed by atoms with Crippen LogP contribution in [0.15, 0.2) is 53.3 Å². The van der Waals surface area contributed by atoms with Gasteiger partial charge in [-0.05, 0) is 19.1 Å². The number of ether oxygens (including phenoxy) is 1. The number of benzene rings is 1. The number of aromatic nitrogens is 3. The van der Waals surface area contributed by atoms with Crippen molar-refractivity contribution in [2.45, 2.75) is 20.1 Å². The van der Waals surface area contributed by atoms with Gasteiger partial charge < -0.3 is 14.6 Å². The van der Waals surface area contributed by atoms with Gasteiger partial charge in [-0.25, -0.2) is 0 Å². The number of anilines is 1. The van der Waals surface area contributed by atoms with Crippen molar-refractivity contribution in [3.05, 3.63) is 65.7 Å². The second kappa shape index (κ2) is 6.71. The lowest BCUT2D eigenvalue weighted by Crippen LogP contribution is -2.04. The normalized spacial score (nSPS) is 10.4. The predicted octanol–water partition coefficient (Wildman–Crippen LogP) is 2.96. The summed E-state index contributed by atoms with van der Waals surface area (Å²) in [7, 11) is 0. The van der Waals surface area contributed by atoms with Gasteiger partial charge in [-0.3, -0.25) is 4.98 Å². The molecule has 6 heteroatoms. The highest BCUT2D eigenvalue weighted by Gasteiger charge is 2.06. The lowest BCUT2D eigenvalue weighted by molar-refractivity contribution is 0.302. The first-order valence-corrected chi connectivity index (χ1v) is 6.95. The molecule has 6 nitrogen and oxygen atoms in total. The number of rotatable bonds is 6. The van der Waals surface area contributed by atoms with Crippen molar-refractivity contribution < 1.29 is 9.26 Å². The molecule has 3 aromatic rings. The van der Waals surface area contributed by atoms with E-state index in [2.05, 4.69) is 20.4 Å². The zero-order chi connectivity index (χ0) is 15.2. The number of pyridine rings is 1. The number of hydrogen-bond donors (Lipinski definition) is 1. The zero-order valence-electron chi connectivity index (χ0n) is 12.2. The summed E-state index contributed by atoms with van der Waals surface area (Å²) < 4.78 is 10.9. The summed E-state index contributed by atoms with van der Waals surface area (Å²) in [6.07, 6.45) is 3.54. The van der Waals surface area contributed by atoms with Gasteiger partial charge in [0.1, 0.15) is 12.4 Å². The lowest BCUT2D eigenvalue weighted by Gasteiger charge is -2.11. The van der Waals surface area contributed by atoms with Crippen LogP contribution in [-0.2, 0) is 13.2 Å². The standard InChI is InChI=1S/C16H16N4O2/c1-12-19-16(22-20-12)18-10-14-6-2-3-7-15(14)21-11-13-5-4-8-17-9-13/h2-9H,10-11H2,1H3,(H,18,19,20). The Bertz CT molecular complexity index is 728. The average molecular weight is 296 g/mol. The summed E-state index contributed by atoms with van der Waals surface area (Å²) in [6, 6.07) is 12.1. The van der Waals surface area contributed by atoms with E-state index in [4.69, 9.17) is 9.26 Å². The van der Waals surface area contributed by atoms with Crippen LogP contribution in [0, 0.1) is 6.92 Å². The van der Waals surface area contributed by atoms with E-state index in [0.29, 0.717) is 25.0 Å². The third-order valence-corrected chi connectivity index (χ3v) is 3.05. The molecule has 1 aromatic carbocycles. The SMILES string of the molecule is Cc1noc(NCc2ccccc2OCc2cccnc2)n1. The van der Waals surface area contributed by atoms with E-state index in [-0.39, 0.29) is 0 Å². The van der Waals surface area contributed by atoms with E-state index in [1.165, 1.54) is 0 Å². The van der Waals surface area contributed by atoms with E-state index < -0.39 is 0 Å². The van der Waals surface area contributed by atoms with Crippen LogP contribution >= 0.6 is 0 Å². The first-order valence-electron chi connectivity index (χ1n) is 6.95. The topological polar surface area (TPSA) is 73.1 Å². The van der Waals surface area contributed by atoms with Gasteiger partial charge in [0.05, 0.1) is 0 Å². The van der Waals surface area contributed by atoms with Gasteiger partial charge in [0.25, 0.3) is 0 Å². The maximum atomic E-state index is 5.87. The van der Waals surface area contributed by atoms with Gasteiger partial charge in [0, 0.05) is 30.1 Å². The number of para-hydroxylation sites is 1. The third kappa shape index (κ3) is 3.60.